The SMILES string of the molecule is CCCCCCCCCCCCCCCCCCC(=O)O[C@H](COC(=O)CCCCCCCCCCCCCCCCC)COP(=O)(O)OC[C@@H](O)COP(=O)(O)OC[C@@H](COC(=O)CCCCCCCCC)OC(=O)CCCCCCCCCCCCC. The largest absolute Gasteiger partial charge is 0.472 e. The number of rotatable bonds is 71. The quantitative estimate of drug-likeness (QED) is 0.0222. The van der Waals surface area contributed by atoms with E-state index in [1.165, 1.54) is 186 Å². The summed E-state index contributed by atoms with van der Waals surface area (Å²) in [6.07, 6.45) is 52.7. The molecule has 0 radical (unpaired) electrons. The zero-order valence-corrected chi connectivity index (χ0v) is 59.2. The molecule has 0 aromatic rings. The number of phosphoric ester groups is 2. The maximum Gasteiger partial charge on any atom is 0.472 e. The van der Waals surface area contributed by atoms with Crippen LogP contribution >= 0.6 is 15.6 Å². The molecule has 0 aliphatic carbocycles. The van der Waals surface area contributed by atoms with Gasteiger partial charge < -0.3 is 33.8 Å². The Hall–Kier alpha value is -1.94. The first kappa shape index (κ1) is 87.1. The summed E-state index contributed by atoms with van der Waals surface area (Å²) < 4.78 is 68.2. The first-order valence-corrected chi connectivity index (χ1v) is 39.8. The lowest BCUT2D eigenvalue weighted by atomic mass is 10.0. The van der Waals surface area contributed by atoms with Crippen LogP contribution in [0.15, 0.2) is 0 Å². The van der Waals surface area contributed by atoms with Crippen LogP contribution < -0.4 is 0 Å². The number of hydrogen-bond donors (Lipinski definition) is 3. The minimum Gasteiger partial charge on any atom is -0.462 e. The van der Waals surface area contributed by atoms with Crippen molar-refractivity contribution in [3.63, 3.8) is 0 Å². The molecule has 0 amide bonds. The van der Waals surface area contributed by atoms with Gasteiger partial charge in [0.2, 0.25) is 0 Å². The molecule has 5 atom stereocenters. The molecule has 3 N–H and O–H groups in total. The Kier molecular flexibility index (Phi) is 63.3. The van der Waals surface area contributed by atoms with Gasteiger partial charge in [0, 0.05) is 25.7 Å². The van der Waals surface area contributed by atoms with Crippen LogP contribution in [-0.2, 0) is 65.4 Å². The Labute approximate surface area is 543 Å². The van der Waals surface area contributed by atoms with Crippen LogP contribution in [0.3, 0.4) is 0 Å². The topological polar surface area (TPSA) is 237 Å². The molecule has 0 aromatic heterocycles. The number of carbonyl (C=O) groups excluding carboxylic acids is 4. The second-order valence-corrected chi connectivity index (χ2v) is 28.2. The minimum atomic E-state index is -4.95. The van der Waals surface area contributed by atoms with E-state index in [0.29, 0.717) is 25.7 Å². The third kappa shape index (κ3) is 64.6. The van der Waals surface area contributed by atoms with E-state index in [9.17, 15) is 43.2 Å². The fourth-order valence-corrected chi connectivity index (χ4v) is 12.3. The van der Waals surface area contributed by atoms with Crippen molar-refractivity contribution < 1.29 is 80.2 Å². The molecule has 17 nitrogen and oxygen atoms in total. The monoisotopic (exact) mass is 1310 g/mol. The lowest BCUT2D eigenvalue weighted by molar-refractivity contribution is -0.161. The number of hydrogen-bond acceptors (Lipinski definition) is 15. The number of unbranched alkanes of at least 4 members (excludes halogenated alkanes) is 45. The lowest BCUT2D eigenvalue weighted by Crippen LogP contribution is -2.30. The second kappa shape index (κ2) is 64.8. The standard InChI is InChI=1S/C70H136O17P2/c1-5-9-13-17-21-24-27-29-31-33-35-38-41-45-49-53-57-70(75)87-66(61-81-68(73)55-51-47-43-39-37-34-32-30-28-25-22-18-14-10-6-2)63-85-89(78,79)83-59-64(71)58-82-88(76,77)84-62-65(60-80-67(72)54-50-46-42-20-16-12-8-4)86-69(74)56-52-48-44-40-36-26-23-19-15-11-7-3/h64-66,71H,5-63H2,1-4H3,(H,76,77)(H,78,79)/t64-,65+,66+/m0/s1. The molecule has 0 spiro atoms. The second-order valence-electron chi connectivity index (χ2n) is 25.3. The maximum absolute atomic E-state index is 13.0. The van der Waals surface area contributed by atoms with Gasteiger partial charge in [0.05, 0.1) is 26.4 Å². The summed E-state index contributed by atoms with van der Waals surface area (Å²) >= 11 is 0. The van der Waals surface area contributed by atoms with Crippen LogP contribution in [-0.4, -0.2) is 96.7 Å². The Balaban J connectivity index is 5.20. The molecule has 0 heterocycles. The highest BCUT2D eigenvalue weighted by Crippen LogP contribution is 2.45. The van der Waals surface area contributed by atoms with Gasteiger partial charge in [-0.2, -0.15) is 0 Å². The van der Waals surface area contributed by atoms with Gasteiger partial charge in [-0.1, -0.05) is 317 Å². The number of aliphatic hydroxyl groups is 1. The van der Waals surface area contributed by atoms with E-state index in [-0.39, 0.29) is 25.7 Å². The molecule has 0 aromatic carbocycles. The molecular weight excluding hydrogens is 1170 g/mol. The van der Waals surface area contributed by atoms with Crippen LogP contribution in [0.2, 0.25) is 0 Å². The Morgan fingerprint density at radius 3 is 0.663 bits per heavy atom. The van der Waals surface area contributed by atoms with Gasteiger partial charge in [0.25, 0.3) is 0 Å². The summed E-state index contributed by atoms with van der Waals surface area (Å²) in [5, 5.41) is 10.6. The number of aliphatic hydroxyl groups excluding tert-OH is 1. The molecular formula is C70H136O17P2. The number of ether oxygens (including phenoxy) is 4. The van der Waals surface area contributed by atoms with Crippen molar-refractivity contribution in [2.45, 2.75) is 386 Å². The first-order chi connectivity index (χ1) is 43.2. The van der Waals surface area contributed by atoms with E-state index in [2.05, 4.69) is 27.7 Å². The van der Waals surface area contributed by atoms with E-state index < -0.39 is 97.5 Å². The summed E-state index contributed by atoms with van der Waals surface area (Å²) in [5.41, 5.74) is 0. The van der Waals surface area contributed by atoms with Crippen molar-refractivity contribution >= 4 is 39.5 Å². The third-order valence-electron chi connectivity index (χ3n) is 16.4. The van der Waals surface area contributed by atoms with Gasteiger partial charge in [-0.3, -0.25) is 37.3 Å². The van der Waals surface area contributed by atoms with Crippen molar-refractivity contribution in [2.24, 2.45) is 0 Å². The molecule has 0 saturated heterocycles. The molecule has 89 heavy (non-hydrogen) atoms. The fraction of sp³-hybridized carbons (Fsp3) is 0.943. The van der Waals surface area contributed by atoms with Crippen LogP contribution in [0.1, 0.15) is 368 Å². The number of esters is 4. The van der Waals surface area contributed by atoms with Crippen molar-refractivity contribution in [1.29, 1.82) is 0 Å². The Morgan fingerprint density at radius 1 is 0.270 bits per heavy atom. The van der Waals surface area contributed by atoms with Gasteiger partial charge in [-0.25, -0.2) is 9.13 Å². The molecule has 0 saturated carbocycles. The van der Waals surface area contributed by atoms with Crippen molar-refractivity contribution in [3.8, 4) is 0 Å². The molecule has 0 bridgehead atoms. The van der Waals surface area contributed by atoms with Crippen LogP contribution in [0, 0.1) is 0 Å². The number of carbonyl (C=O) groups is 4. The molecule has 0 aliphatic rings. The average molecular weight is 1310 g/mol. The van der Waals surface area contributed by atoms with Gasteiger partial charge >= 0.3 is 39.5 Å². The van der Waals surface area contributed by atoms with Crippen molar-refractivity contribution in [3.05, 3.63) is 0 Å². The van der Waals surface area contributed by atoms with Gasteiger partial charge in [-0.15, -0.1) is 0 Å². The summed E-state index contributed by atoms with van der Waals surface area (Å²) in [4.78, 5) is 72.4. The highest BCUT2D eigenvalue weighted by atomic mass is 31.2. The van der Waals surface area contributed by atoms with Crippen LogP contribution in [0.25, 0.3) is 0 Å². The predicted octanol–water partition coefficient (Wildman–Crippen LogP) is 20.3. The summed E-state index contributed by atoms with van der Waals surface area (Å²) in [5.74, 6) is -2.12. The Morgan fingerprint density at radius 2 is 0.449 bits per heavy atom. The van der Waals surface area contributed by atoms with E-state index in [1.54, 1.807) is 0 Å². The van der Waals surface area contributed by atoms with Gasteiger partial charge in [0.15, 0.2) is 12.2 Å². The first-order valence-electron chi connectivity index (χ1n) is 36.8. The van der Waals surface area contributed by atoms with Crippen LogP contribution in [0.5, 0.6) is 0 Å². The fourth-order valence-electron chi connectivity index (χ4n) is 10.7. The highest BCUT2D eigenvalue weighted by molar-refractivity contribution is 7.47. The smallest absolute Gasteiger partial charge is 0.462 e. The summed E-state index contributed by atoms with van der Waals surface area (Å²) in [6, 6.07) is 0. The maximum atomic E-state index is 13.0. The summed E-state index contributed by atoms with van der Waals surface area (Å²) in [7, 11) is -9.89. The molecule has 2 unspecified atom stereocenters. The average Bonchev–Trinajstić information content (AvgIpc) is 3.73. The van der Waals surface area contributed by atoms with Gasteiger partial charge in [0.1, 0.15) is 19.3 Å². The van der Waals surface area contributed by atoms with E-state index in [1.807, 2.05) is 0 Å². The molecule has 0 aliphatic heterocycles. The molecule has 0 fully saturated rings. The normalized spacial score (nSPS) is 14.0. The van der Waals surface area contributed by atoms with E-state index >= 15 is 0 Å². The van der Waals surface area contributed by atoms with E-state index in [0.717, 1.165) is 103 Å². The Bertz CT molecular complexity index is 1710. The molecule has 0 rings (SSSR count). The van der Waals surface area contributed by atoms with Crippen molar-refractivity contribution in [1.82, 2.24) is 0 Å². The summed E-state index contributed by atoms with van der Waals surface area (Å²) in [6.45, 7) is 4.91. The zero-order valence-electron chi connectivity index (χ0n) is 57.4. The predicted molar refractivity (Wildman–Crippen MR) is 359 cm³/mol. The zero-order chi connectivity index (χ0) is 65.4. The minimum absolute atomic E-state index is 0.107. The molecule has 528 valence electrons. The third-order valence-corrected chi connectivity index (χ3v) is 18.3. The van der Waals surface area contributed by atoms with Gasteiger partial charge in [-0.05, 0) is 25.7 Å². The number of phosphoric acid groups is 2. The highest BCUT2D eigenvalue weighted by Gasteiger charge is 2.30. The molecule has 19 heteroatoms. The van der Waals surface area contributed by atoms with E-state index in [4.69, 9.17) is 37.0 Å². The van der Waals surface area contributed by atoms with Crippen LogP contribution in [0.4, 0.5) is 0 Å². The lowest BCUT2D eigenvalue weighted by Gasteiger charge is -2.21. The van der Waals surface area contributed by atoms with Crippen molar-refractivity contribution in [2.75, 3.05) is 39.6 Å².